The largest absolute Gasteiger partial charge is 0.208 e. The van der Waals surface area contributed by atoms with Crippen molar-refractivity contribution in [2.45, 2.75) is 13.1 Å². The molecule has 0 saturated carbocycles. The molecule has 1 aromatic heterocycles. The van der Waals surface area contributed by atoms with Gasteiger partial charge in [-0.2, -0.15) is 0 Å². The predicted octanol–water partition coefficient (Wildman–Crippen LogP) is 11.3. The number of benzene rings is 8. The van der Waals surface area contributed by atoms with Crippen LogP contribution in [0.3, 0.4) is 0 Å². The van der Waals surface area contributed by atoms with Gasteiger partial charge in [0.1, 0.15) is 8.07 Å². The van der Waals surface area contributed by atoms with Gasteiger partial charge in [-0.25, -0.2) is 15.0 Å². The van der Waals surface area contributed by atoms with Crippen LogP contribution in [0.4, 0.5) is 0 Å². The smallest absolute Gasteiger partial charge is 0.164 e. The molecule has 8 aromatic carbocycles. The zero-order valence-electron chi connectivity index (χ0n) is 29.6. The quantitative estimate of drug-likeness (QED) is 0.168. The van der Waals surface area contributed by atoms with Gasteiger partial charge in [-0.05, 0) is 83.5 Å². The van der Waals surface area contributed by atoms with Crippen molar-refractivity contribution in [1.29, 1.82) is 0 Å². The van der Waals surface area contributed by atoms with Crippen LogP contribution < -0.4 is 10.4 Å². The van der Waals surface area contributed by atoms with E-state index in [4.69, 9.17) is 15.0 Å². The third-order valence-corrected chi connectivity index (χ3v) is 14.5. The van der Waals surface area contributed by atoms with Crippen LogP contribution >= 0.6 is 0 Å². The molecule has 0 fully saturated rings. The second-order valence-electron chi connectivity index (χ2n) is 14.5. The molecule has 0 radical (unpaired) electrons. The Morgan fingerprint density at radius 1 is 0.321 bits per heavy atom. The summed E-state index contributed by atoms with van der Waals surface area (Å²) < 4.78 is 0. The van der Waals surface area contributed by atoms with Crippen LogP contribution in [0.15, 0.2) is 176 Å². The Labute approximate surface area is 310 Å². The van der Waals surface area contributed by atoms with Gasteiger partial charge in [0.2, 0.25) is 0 Å². The van der Waals surface area contributed by atoms with Crippen molar-refractivity contribution in [3.63, 3.8) is 0 Å². The van der Waals surface area contributed by atoms with E-state index in [2.05, 4.69) is 183 Å². The molecule has 0 saturated heterocycles. The molecular weight excluding hydrogens is 659 g/mol. The third-order valence-electron chi connectivity index (χ3n) is 10.9. The summed E-state index contributed by atoms with van der Waals surface area (Å²) in [5, 5.41) is 7.99. The fourth-order valence-electron chi connectivity index (χ4n) is 8.08. The highest BCUT2D eigenvalue weighted by atomic mass is 28.3. The van der Waals surface area contributed by atoms with Crippen LogP contribution in [0.25, 0.3) is 89.1 Å². The van der Waals surface area contributed by atoms with E-state index in [9.17, 15) is 0 Å². The Balaban J connectivity index is 1.12. The molecule has 0 unspecified atom stereocenters. The Hall–Kier alpha value is -6.49. The molecule has 10 rings (SSSR count). The minimum absolute atomic E-state index is 0.654. The average molecular weight is 694 g/mol. The van der Waals surface area contributed by atoms with Crippen molar-refractivity contribution in [3.05, 3.63) is 176 Å². The number of rotatable bonds is 5. The zero-order chi connectivity index (χ0) is 35.5. The molecule has 0 N–H and O–H groups in total. The van der Waals surface area contributed by atoms with E-state index >= 15 is 0 Å². The summed E-state index contributed by atoms with van der Waals surface area (Å²) in [4.78, 5) is 15.5. The Bertz CT molecular complexity index is 2850. The second kappa shape index (κ2) is 12.3. The van der Waals surface area contributed by atoms with Crippen molar-refractivity contribution >= 4 is 40.0 Å². The molecule has 0 bridgehead atoms. The maximum absolute atomic E-state index is 5.19. The molecule has 0 atom stereocenters. The van der Waals surface area contributed by atoms with Gasteiger partial charge in [0.15, 0.2) is 17.5 Å². The van der Waals surface area contributed by atoms with Crippen LogP contribution in [0.5, 0.6) is 0 Å². The molecule has 4 heteroatoms. The van der Waals surface area contributed by atoms with Crippen molar-refractivity contribution < 1.29 is 0 Å². The SMILES string of the molecule is C[Si]1(C)c2ccc(-c3nc(-c4ccc(-c5cccc6ccccc56)cc4)nc(-c4cccc(-c5ccccc5)c4)n3)cc2-c2cc3ccccc3cc21. The monoisotopic (exact) mass is 693 g/mol. The van der Waals surface area contributed by atoms with E-state index in [1.807, 2.05) is 6.07 Å². The van der Waals surface area contributed by atoms with E-state index in [1.54, 1.807) is 0 Å². The fraction of sp³-hybridized carbons (Fsp3) is 0.0408. The normalized spacial score (nSPS) is 12.9. The summed E-state index contributed by atoms with van der Waals surface area (Å²) >= 11 is 0. The van der Waals surface area contributed by atoms with Crippen LogP contribution in [0.1, 0.15) is 0 Å². The highest BCUT2D eigenvalue weighted by molar-refractivity contribution is 7.04. The van der Waals surface area contributed by atoms with Crippen molar-refractivity contribution in [1.82, 2.24) is 15.0 Å². The number of nitrogens with zero attached hydrogens (tertiary/aromatic N) is 3. The van der Waals surface area contributed by atoms with E-state index < -0.39 is 8.07 Å². The van der Waals surface area contributed by atoms with Gasteiger partial charge in [0.25, 0.3) is 0 Å². The summed E-state index contributed by atoms with van der Waals surface area (Å²) in [6.45, 7) is 4.93. The molecule has 3 nitrogen and oxygen atoms in total. The summed E-state index contributed by atoms with van der Waals surface area (Å²) in [7, 11) is -1.89. The maximum Gasteiger partial charge on any atom is 0.164 e. The molecule has 1 aliphatic heterocycles. The maximum atomic E-state index is 5.19. The Kier molecular flexibility index (Phi) is 7.27. The first-order valence-corrected chi connectivity index (χ1v) is 21.2. The first-order valence-electron chi connectivity index (χ1n) is 18.2. The van der Waals surface area contributed by atoms with E-state index in [0.717, 1.165) is 33.4 Å². The third kappa shape index (κ3) is 5.38. The lowest BCUT2D eigenvalue weighted by Crippen LogP contribution is -2.49. The van der Waals surface area contributed by atoms with Gasteiger partial charge < -0.3 is 0 Å². The van der Waals surface area contributed by atoms with Crippen LogP contribution in [-0.2, 0) is 0 Å². The average Bonchev–Trinajstić information content (AvgIpc) is 3.44. The lowest BCUT2D eigenvalue weighted by molar-refractivity contribution is 1.07. The van der Waals surface area contributed by atoms with Crippen LogP contribution in [-0.4, -0.2) is 23.0 Å². The molecule has 53 heavy (non-hydrogen) atoms. The Morgan fingerprint density at radius 2 is 0.849 bits per heavy atom. The topological polar surface area (TPSA) is 38.7 Å². The number of hydrogen-bond acceptors (Lipinski definition) is 3. The zero-order valence-corrected chi connectivity index (χ0v) is 30.6. The number of fused-ring (bicyclic) bond motifs is 5. The lowest BCUT2D eigenvalue weighted by Gasteiger charge is -2.19. The predicted molar refractivity (Wildman–Crippen MR) is 224 cm³/mol. The van der Waals surface area contributed by atoms with Gasteiger partial charge in [-0.3, -0.25) is 0 Å². The highest BCUT2D eigenvalue weighted by Gasteiger charge is 2.38. The van der Waals surface area contributed by atoms with E-state index in [0.29, 0.717) is 17.5 Å². The van der Waals surface area contributed by atoms with Crippen molar-refractivity contribution in [2.75, 3.05) is 0 Å². The van der Waals surface area contributed by atoms with Crippen molar-refractivity contribution in [2.24, 2.45) is 0 Å². The number of aromatic nitrogens is 3. The van der Waals surface area contributed by atoms with Gasteiger partial charge in [-0.15, -0.1) is 0 Å². The highest BCUT2D eigenvalue weighted by Crippen LogP contribution is 2.36. The molecular formula is C49H35N3Si. The molecule has 0 aliphatic carbocycles. The van der Waals surface area contributed by atoms with Gasteiger partial charge in [-0.1, -0.05) is 171 Å². The summed E-state index contributed by atoms with van der Waals surface area (Å²) in [5.41, 5.74) is 10.2. The number of hydrogen-bond donors (Lipinski definition) is 0. The first kappa shape index (κ1) is 31.3. The minimum Gasteiger partial charge on any atom is -0.208 e. The molecule has 0 spiro atoms. The minimum atomic E-state index is -1.89. The van der Waals surface area contributed by atoms with Gasteiger partial charge in [0.05, 0.1) is 0 Å². The van der Waals surface area contributed by atoms with E-state index in [1.165, 1.54) is 48.6 Å². The first-order chi connectivity index (χ1) is 26.0. The van der Waals surface area contributed by atoms with Crippen molar-refractivity contribution in [3.8, 4) is 67.5 Å². The lowest BCUT2D eigenvalue weighted by atomic mass is 9.97. The van der Waals surface area contributed by atoms with E-state index in [-0.39, 0.29) is 0 Å². The molecule has 2 heterocycles. The molecule has 1 aliphatic rings. The van der Waals surface area contributed by atoms with Gasteiger partial charge in [0, 0.05) is 16.7 Å². The van der Waals surface area contributed by atoms with Crippen LogP contribution in [0.2, 0.25) is 13.1 Å². The second-order valence-corrected chi connectivity index (χ2v) is 18.8. The standard InChI is InChI=1S/C49H35N3Si/c1-53(2)45-27-26-40(30-43(45)44-29-37-15-6-7-16-38(37)31-46(44)53)49-51-47(50-48(52-49)39-19-10-18-36(28-39)32-12-4-3-5-13-32)35-24-22-34(23-25-35)42-21-11-17-33-14-8-9-20-41(33)42/h3-31H,1-2H3. The molecule has 0 amide bonds. The fourth-order valence-corrected chi connectivity index (χ4v) is 11.2. The van der Waals surface area contributed by atoms with Gasteiger partial charge >= 0.3 is 0 Å². The molecule has 9 aromatic rings. The summed E-state index contributed by atoms with van der Waals surface area (Å²) in [6.07, 6.45) is 0. The Morgan fingerprint density at radius 3 is 1.62 bits per heavy atom. The summed E-state index contributed by atoms with van der Waals surface area (Å²) in [6, 6.07) is 63.0. The summed E-state index contributed by atoms with van der Waals surface area (Å²) in [5.74, 6) is 1.98. The van der Waals surface area contributed by atoms with Crippen LogP contribution in [0, 0.1) is 0 Å². The molecule has 250 valence electrons.